The van der Waals surface area contributed by atoms with Crippen LogP contribution in [0.3, 0.4) is 0 Å². The number of hydrogen-bond acceptors (Lipinski definition) is 7. The Hall–Kier alpha value is -3.06. The van der Waals surface area contributed by atoms with Gasteiger partial charge in [0, 0.05) is 63.5 Å². The quantitative estimate of drug-likeness (QED) is 0.513. The first-order chi connectivity index (χ1) is 16.3. The lowest BCUT2D eigenvalue weighted by atomic mass is 9.92. The van der Waals surface area contributed by atoms with Crippen LogP contribution >= 0.6 is 0 Å². The van der Waals surface area contributed by atoms with Crippen molar-refractivity contribution in [2.75, 3.05) is 45.2 Å². The number of benzene rings is 1. The molecule has 1 aromatic carbocycles. The van der Waals surface area contributed by atoms with Crippen LogP contribution < -0.4 is 10.6 Å². The topological polar surface area (TPSA) is 137 Å². The minimum Gasteiger partial charge on any atom is -0.386 e. The van der Waals surface area contributed by atoms with Crippen molar-refractivity contribution < 1.29 is 18.3 Å². The maximum absolute atomic E-state index is 12.5. The predicted octanol–water partition coefficient (Wildman–Crippen LogP) is 0.959. The summed E-state index contributed by atoms with van der Waals surface area (Å²) in [6.45, 7) is 6.75. The summed E-state index contributed by atoms with van der Waals surface area (Å²) in [5.74, 6) is 0.127. The molecule has 0 aliphatic carbocycles. The van der Waals surface area contributed by atoms with Crippen molar-refractivity contribution in [3.63, 3.8) is 0 Å². The first kappa shape index (κ1) is 25.0. The monoisotopic (exact) mass is 501 g/mol. The normalized spacial score (nSPS) is 15.8. The molecule has 188 valence electrons. The van der Waals surface area contributed by atoms with Crippen LogP contribution in [0, 0.1) is 6.92 Å². The smallest absolute Gasteiger partial charge is 0.281 e. The minimum atomic E-state index is -3.50. The highest BCUT2D eigenvalue weighted by Gasteiger charge is 2.30. The molecule has 0 spiro atoms. The number of aromatic nitrogens is 3. The molecular weight excluding hydrogens is 470 g/mol. The Labute approximate surface area is 204 Å². The van der Waals surface area contributed by atoms with Crippen LogP contribution in [-0.4, -0.2) is 82.9 Å². The Bertz CT molecular complexity index is 1380. The first-order valence-corrected chi connectivity index (χ1v) is 12.7. The largest absolute Gasteiger partial charge is 0.386 e. The number of piperazine rings is 1. The second-order valence-corrected chi connectivity index (χ2v) is 11.6. The molecule has 3 N–H and O–H groups in total. The molecule has 1 saturated heterocycles. The standard InChI is InChI=1S/C23H31N7O4S/c1-15-12-20-25-19(18-13-16(23(2,3)32)6-7-17(18)22(24)31)14-21(30(20)26-15)28-8-10-29(11-9-28)35(33,34)27(4)5/h6-7,12-14,32H,8-11H2,1-5H3,(H2,24,31). The number of rotatable bonds is 6. The van der Waals surface area contributed by atoms with E-state index in [0.717, 1.165) is 11.5 Å². The third kappa shape index (κ3) is 4.74. The highest BCUT2D eigenvalue weighted by Crippen LogP contribution is 2.32. The number of hydrogen-bond donors (Lipinski definition) is 2. The van der Waals surface area contributed by atoms with Gasteiger partial charge in [-0.2, -0.15) is 26.6 Å². The molecule has 3 aromatic rings. The summed E-state index contributed by atoms with van der Waals surface area (Å²) in [5, 5.41) is 15.1. The molecule has 3 heterocycles. The van der Waals surface area contributed by atoms with Gasteiger partial charge in [0.25, 0.3) is 10.2 Å². The lowest BCUT2D eigenvalue weighted by Crippen LogP contribution is -2.52. The molecule has 1 aliphatic rings. The van der Waals surface area contributed by atoms with Gasteiger partial charge in [-0.3, -0.25) is 4.79 Å². The second-order valence-electron chi connectivity index (χ2n) is 9.42. The zero-order chi connectivity index (χ0) is 25.7. The summed E-state index contributed by atoms with van der Waals surface area (Å²) < 4.78 is 29.5. The Morgan fingerprint density at radius 1 is 1.11 bits per heavy atom. The number of anilines is 1. The Morgan fingerprint density at radius 3 is 2.34 bits per heavy atom. The molecule has 1 fully saturated rings. The highest BCUT2D eigenvalue weighted by molar-refractivity contribution is 7.86. The van der Waals surface area contributed by atoms with Crippen LogP contribution in [0.4, 0.5) is 5.82 Å². The van der Waals surface area contributed by atoms with E-state index in [1.165, 1.54) is 22.7 Å². The number of amides is 1. The summed E-state index contributed by atoms with van der Waals surface area (Å²) >= 11 is 0. The van der Waals surface area contributed by atoms with Crippen molar-refractivity contribution in [1.82, 2.24) is 23.2 Å². The molecule has 0 radical (unpaired) electrons. The molecule has 2 aromatic heterocycles. The van der Waals surface area contributed by atoms with Gasteiger partial charge < -0.3 is 15.7 Å². The molecule has 0 saturated carbocycles. The average Bonchev–Trinajstić information content (AvgIpc) is 3.17. The van der Waals surface area contributed by atoms with Crippen LogP contribution in [0.2, 0.25) is 0 Å². The number of aryl methyl sites for hydroxylation is 1. The lowest BCUT2D eigenvalue weighted by Gasteiger charge is -2.36. The predicted molar refractivity (Wildman–Crippen MR) is 133 cm³/mol. The van der Waals surface area contributed by atoms with E-state index in [1.807, 2.05) is 19.1 Å². The number of nitrogens with two attached hydrogens (primary N) is 1. The molecule has 4 rings (SSSR count). The maximum Gasteiger partial charge on any atom is 0.281 e. The summed E-state index contributed by atoms with van der Waals surface area (Å²) in [7, 11) is -0.461. The van der Waals surface area contributed by atoms with Gasteiger partial charge in [-0.15, -0.1) is 0 Å². The van der Waals surface area contributed by atoms with Crippen molar-refractivity contribution in [2.45, 2.75) is 26.4 Å². The first-order valence-electron chi connectivity index (χ1n) is 11.3. The van der Waals surface area contributed by atoms with Crippen LogP contribution in [0.5, 0.6) is 0 Å². The van der Waals surface area contributed by atoms with E-state index >= 15 is 0 Å². The fraction of sp³-hybridized carbons (Fsp3) is 0.435. The summed E-state index contributed by atoms with van der Waals surface area (Å²) in [5.41, 5.74) is 7.82. The fourth-order valence-corrected chi connectivity index (χ4v) is 5.25. The van der Waals surface area contributed by atoms with Gasteiger partial charge in [-0.25, -0.2) is 4.98 Å². The molecular formula is C23H31N7O4S. The van der Waals surface area contributed by atoms with Gasteiger partial charge in [0.15, 0.2) is 5.65 Å². The number of carbonyl (C=O) groups excluding carboxylic acids is 1. The van der Waals surface area contributed by atoms with Gasteiger partial charge in [-0.05, 0) is 38.5 Å². The second kappa shape index (κ2) is 8.86. The SMILES string of the molecule is Cc1cc2nc(-c3cc(C(C)(C)O)ccc3C(N)=O)cc(N3CCN(S(=O)(=O)N(C)C)CC3)n2n1. The molecule has 0 unspecified atom stereocenters. The molecule has 0 atom stereocenters. The molecule has 12 heteroatoms. The average molecular weight is 502 g/mol. The highest BCUT2D eigenvalue weighted by atomic mass is 32.2. The molecule has 1 amide bonds. The van der Waals surface area contributed by atoms with E-state index in [2.05, 4.69) is 10.00 Å². The molecule has 1 aliphatic heterocycles. The molecule has 11 nitrogen and oxygen atoms in total. The van der Waals surface area contributed by atoms with Gasteiger partial charge in [0.2, 0.25) is 5.91 Å². The minimum absolute atomic E-state index is 0.291. The fourth-order valence-electron chi connectivity index (χ4n) is 4.17. The zero-order valence-corrected chi connectivity index (χ0v) is 21.4. The Morgan fingerprint density at radius 2 is 1.77 bits per heavy atom. The van der Waals surface area contributed by atoms with Crippen LogP contribution in [0.15, 0.2) is 30.3 Å². The van der Waals surface area contributed by atoms with E-state index in [1.54, 1.807) is 36.6 Å². The van der Waals surface area contributed by atoms with Crippen molar-refractivity contribution >= 4 is 27.6 Å². The van der Waals surface area contributed by atoms with Crippen molar-refractivity contribution in [3.8, 4) is 11.3 Å². The third-order valence-electron chi connectivity index (χ3n) is 6.15. The van der Waals surface area contributed by atoms with Crippen molar-refractivity contribution in [3.05, 3.63) is 47.2 Å². The van der Waals surface area contributed by atoms with E-state index in [9.17, 15) is 18.3 Å². The Balaban J connectivity index is 1.81. The number of fused-ring (bicyclic) bond motifs is 1. The van der Waals surface area contributed by atoms with Crippen LogP contribution in [-0.2, 0) is 15.8 Å². The van der Waals surface area contributed by atoms with Gasteiger partial charge >= 0.3 is 0 Å². The van der Waals surface area contributed by atoms with E-state index in [-0.39, 0.29) is 0 Å². The molecule has 35 heavy (non-hydrogen) atoms. The van der Waals surface area contributed by atoms with Crippen LogP contribution in [0.25, 0.3) is 16.9 Å². The van der Waals surface area contributed by atoms with Gasteiger partial charge in [0.05, 0.1) is 17.0 Å². The Kier molecular flexibility index (Phi) is 6.34. The van der Waals surface area contributed by atoms with E-state index < -0.39 is 21.7 Å². The number of primary amides is 1. The zero-order valence-electron chi connectivity index (χ0n) is 20.6. The summed E-state index contributed by atoms with van der Waals surface area (Å²) in [4.78, 5) is 19.0. The number of nitrogens with zero attached hydrogens (tertiary/aromatic N) is 6. The van der Waals surface area contributed by atoms with E-state index in [4.69, 9.17) is 10.7 Å². The lowest BCUT2D eigenvalue weighted by molar-refractivity contribution is 0.0785. The van der Waals surface area contributed by atoms with E-state index in [0.29, 0.717) is 54.2 Å². The molecule has 0 bridgehead atoms. The van der Waals surface area contributed by atoms with Crippen LogP contribution in [0.1, 0.15) is 35.5 Å². The summed E-state index contributed by atoms with van der Waals surface area (Å²) in [6, 6.07) is 8.67. The summed E-state index contributed by atoms with van der Waals surface area (Å²) in [6.07, 6.45) is 0. The van der Waals surface area contributed by atoms with Gasteiger partial charge in [0.1, 0.15) is 5.82 Å². The van der Waals surface area contributed by atoms with Gasteiger partial charge in [-0.1, -0.05) is 6.07 Å². The third-order valence-corrected chi connectivity index (χ3v) is 8.09. The number of aliphatic hydroxyl groups is 1. The maximum atomic E-state index is 12.5. The number of carbonyl (C=O) groups is 1. The van der Waals surface area contributed by atoms with Crippen molar-refractivity contribution in [2.24, 2.45) is 5.73 Å². The van der Waals surface area contributed by atoms with Crippen molar-refractivity contribution in [1.29, 1.82) is 0 Å².